The molecule has 8 nitrogen and oxygen atoms in total. The summed E-state index contributed by atoms with van der Waals surface area (Å²) < 4.78 is 1.35. The predicted octanol–water partition coefficient (Wildman–Crippen LogP) is 2.22. The van der Waals surface area contributed by atoms with Crippen molar-refractivity contribution in [3.05, 3.63) is 67.6 Å². The second-order valence-electron chi connectivity index (χ2n) is 4.73. The Morgan fingerprint density at radius 2 is 2.22 bits per heavy atom. The van der Waals surface area contributed by atoms with Crippen LogP contribution >= 0.6 is 11.3 Å². The molecule has 3 rings (SSSR count). The molecule has 0 aliphatic carbocycles. The van der Waals surface area contributed by atoms with Crippen molar-refractivity contribution in [3.8, 4) is 0 Å². The Balaban J connectivity index is 1.96. The zero-order valence-corrected chi connectivity index (χ0v) is 12.7. The number of nitrogens with one attached hydrogen (secondary N) is 1. The summed E-state index contributed by atoms with van der Waals surface area (Å²) in [6.07, 6.45) is 1.21. The number of carbonyl (C=O) groups excluding carboxylic acids is 1. The SMILES string of the molecule is Cc1csc2ncc(C(=O)Nc3cccc([N+](=O)[O-])c3)c(=O)n12. The number of benzene rings is 1. The highest BCUT2D eigenvalue weighted by atomic mass is 32.1. The van der Waals surface area contributed by atoms with Crippen LogP contribution < -0.4 is 10.9 Å². The molecule has 0 unspecified atom stereocenters. The number of fused-ring (bicyclic) bond motifs is 1. The molecule has 0 radical (unpaired) electrons. The maximum atomic E-state index is 12.4. The molecule has 0 saturated heterocycles. The first-order valence-corrected chi connectivity index (χ1v) is 7.37. The molecule has 1 aromatic carbocycles. The van der Waals surface area contributed by atoms with Crippen molar-refractivity contribution in [2.45, 2.75) is 6.92 Å². The zero-order valence-electron chi connectivity index (χ0n) is 11.8. The second-order valence-corrected chi connectivity index (χ2v) is 5.57. The van der Waals surface area contributed by atoms with Gasteiger partial charge in [-0.05, 0) is 13.0 Å². The molecule has 2 heterocycles. The standard InChI is InChI=1S/C14H10N4O4S/c1-8-7-23-14-15-6-11(13(20)17(8)14)12(19)16-9-3-2-4-10(5-9)18(21)22/h2-7H,1H3,(H,16,19). The molecule has 23 heavy (non-hydrogen) atoms. The van der Waals surface area contributed by atoms with Crippen LogP contribution in [0.2, 0.25) is 0 Å². The normalized spacial score (nSPS) is 10.7. The molecule has 0 bridgehead atoms. The zero-order chi connectivity index (χ0) is 16.6. The molecule has 0 aliphatic heterocycles. The van der Waals surface area contributed by atoms with Gasteiger partial charge in [-0.3, -0.25) is 24.1 Å². The smallest absolute Gasteiger partial charge is 0.271 e. The Morgan fingerprint density at radius 3 is 2.96 bits per heavy atom. The summed E-state index contributed by atoms with van der Waals surface area (Å²) in [6.45, 7) is 1.74. The molecule has 1 N–H and O–H groups in total. The van der Waals surface area contributed by atoms with Gasteiger partial charge in [0.25, 0.3) is 17.2 Å². The summed E-state index contributed by atoms with van der Waals surface area (Å²) in [6, 6.07) is 5.49. The van der Waals surface area contributed by atoms with E-state index in [1.165, 1.54) is 46.2 Å². The van der Waals surface area contributed by atoms with Crippen LogP contribution in [0.25, 0.3) is 4.96 Å². The van der Waals surface area contributed by atoms with Gasteiger partial charge in [0, 0.05) is 35.1 Å². The average molecular weight is 330 g/mol. The van der Waals surface area contributed by atoms with Gasteiger partial charge in [-0.15, -0.1) is 11.3 Å². The van der Waals surface area contributed by atoms with Gasteiger partial charge in [0.05, 0.1) is 4.92 Å². The van der Waals surface area contributed by atoms with Crippen LogP contribution in [0, 0.1) is 17.0 Å². The number of anilines is 1. The second kappa shape index (κ2) is 5.61. The first-order chi connectivity index (χ1) is 11.0. The summed E-state index contributed by atoms with van der Waals surface area (Å²) in [4.78, 5) is 39.4. The number of nitro benzene ring substituents is 1. The summed E-state index contributed by atoms with van der Waals surface area (Å²) in [7, 11) is 0. The fourth-order valence-electron chi connectivity index (χ4n) is 2.08. The molecule has 0 spiro atoms. The number of non-ortho nitro benzene ring substituents is 1. The summed E-state index contributed by atoms with van der Waals surface area (Å²) in [5, 5.41) is 15.0. The lowest BCUT2D eigenvalue weighted by atomic mass is 10.2. The topological polar surface area (TPSA) is 107 Å². The van der Waals surface area contributed by atoms with Crippen LogP contribution in [0.4, 0.5) is 11.4 Å². The monoisotopic (exact) mass is 330 g/mol. The lowest BCUT2D eigenvalue weighted by molar-refractivity contribution is -0.384. The molecule has 9 heteroatoms. The first-order valence-electron chi connectivity index (χ1n) is 6.49. The van der Waals surface area contributed by atoms with E-state index in [2.05, 4.69) is 10.3 Å². The van der Waals surface area contributed by atoms with Crippen molar-refractivity contribution >= 4 is 33.6 Å². The highest BCUT2D eigenvalue weighted by Crippen LogP contribution is 2.17. The maximum Gasteiger partial charge on any atom is 0.271 e. The van der Waals surface area contributed by atoms with Crippen LogP contribution in [-0.4, -0.2) is 20.2 Å². The quantitative estimate of drug-likeness (QED) is 0.585. The summed E-state index contributed by atoms with van der Waals surface area (Å²) in [5.41, 5.74) is 0.164. The third-order valence-corrected chi connectivity index (χ3v) is 4.13. The predicted molar refractivity (Wildman–Crippen MR) is 85.1 cm³/mol. The average Bonchev–Trinajstić information content (AvgIpc) is 2.90. The lowest BCUT2D eigenvalue weighted by Gasteiger charge is -2.05. The molecule has 0 saturated carbocycles. The minimum Gasteiger partial charge on any atom is -0.322 e. The van der Waals surface area contributed by atoms with Crippen molar-refractivity contribution in [2.75, 3.05) is 5.32 Å². The van der Waals surface area contributed by atoms with Crippen molar-refractivity contribution in [1.82, 2.24) is 9.38 Å². The van der Waals surface area contributed by atoms with E-state index < -0.39 is 16.4 Å². The largest absolute Gasteiger partial charge is 0.322 e. The number of rotatable bonds is 3. The van der Waals surface area contributed by atoms with Crippen LogP contribution in [-0.2, 0) is 0 Å². The highest BCUT2D eigenvalue weighted by molar-refractivity contribution is 7.15. The number of carbonyl (C=O) groups is 1. The summed E-state index contributed by atoms with van der Waals surface area (Å²) in [5.74, 6) is -0.664. The van der Waals surface area contributed by atoms with Gasteiger partial charge < -0.3 is 5.32 Å². The molecular formula is C14H10N4O4S. The van der Waals surface area contributed by atoms with E-state index in [9.17, 15) is 19.7 Å². The number of aromatic nitrogens is 2. The van der Waals surface area contributed by atoms with Crippen molar-refractivity contribution in [1.29, 1.82) is 0 Å². The Hall–Kier alpha value is -3.07. The first kappa shape index (κ1) is 14.9. The Kier molecular flexibility index (Phi) is 3.62. The number of hydrogen-bond acceptors (Lipinski definition) is 6. The molecule has 2 aromatic heterocycles. The van der Waals surface area contributed by atoms with Crippen molar-refractivity contribution in [3.63, 3.8) is 0 Å². The maximum absolute atomic E-state index is 12.4. The van der Waals surface area contributed by atoms with Gasteiger partial charge in [-0.1, -0.05) is 6.07 Å². The van der Waals surface area contributed by atoms with Crippen LogP contribution in [0.15, 0.2) is 40.6 Å². The van der Waals surface area contributed by atoms with Crippen LogP contribution in [0.3, 0.4) is 0 Å². The minimum absolute atomic E-state index is 0.129. The molecule has 116 valence electrons. The molecular weight excluding hydrogens is 320 g/mol. The van der Waals surface area contributed by atoms with E-state index in [1.54, 1.807) is 12.3 Å². The lowest BCUT2D eigenvalue weighted by Crippen LogP contribution is -2.26. The minimum atomic E-state index is -0.664. The third kappa shape index (κ3) is 2.69. The van der Waals surface area contributed by atoms with Gasteiger partial charge >= 0.3 is 0 Å². The number of hydrogen-bond donors (Lipinski definition) is 1. The van der Waals surface area contributed by atoms with Gasteiger partial charge in [-0.2, -0.15) is 0 Å². The molecule has 1 amide bonds. The fraction of sp³-hybridized carbons (Fsp3) is 0.0714. The van der Waals surface area contributed by atoms with Gasteiger partial charge in [0.15, 0.2) is 4.96 Å². The summed E-state index contributed by atoms with van der Waals surface area (Å²) >= 11 is 1.30. The Morgan fingerprint density at radius 1 is 1.43 bits per heavy atom. The highest BCUT2D eigenvalue weighted by Gasteiger charge is 2.16. The van der Waals surface area contributed by atoms with E-state index in [4.69, 9.17) is 0 Å². The Bertz CT molecular complexity index is 992. The Labute approximate surface area is 133 Å². The van der Waals surface area contributed by atoms with E-state index in [-0.39, 0.29) is 16.9 Å². The van der Waals surface area contributed by atoms with E-state index >= 15 is 0 Å². The molecule has 0 aliphatic rings. The van der Waals surface area contributed by atoms with Gasteiger partial charge in [-0.25, -0.2) is 4.98 Å². The van der Waals surface area contributed by atoms with Crippen molar-refractivity contribution in [2.24, 2.45) is 0 Å². The third-order valence-electron chi connectivity index (χ3n) is 3.18. The molecule has 0 atom stereocenters. The number of aryl methyl sites for hydroxylation is 1. The van der Waals surface area contributed by atoms with Gasteiger partial charge in [0.2, 0.25) is 0 Å². The molecule has 3 aromatic rings. The van der Waals surface area contributed by atoms with E-state index in [0.29, 0.717) is 10.7 Å². The molecule has 0 fully saturated rings. The number of nitro groups is 1. The number of thiazole rings is 1. The van der Waals surface area contributed by atoms with Gasteiger partial charge in [0.1, 0.15) is 5.56 Å². The number of nitrogens with zero attached hydrogens (tertiary/aromatic N) is 3. The van der Waals surface area contributed by atoms with Crippen molar-refractivity contribution < 1.29 is 9.72 Å². The number of amides is 1. The van der Waals surface area contributed by atoms with E-state index in [0.717, 1.165) is 0 Å². The van der Waals surface area contributed by atoms with Crippen LogP contribution in [0.1, 0.15) is 16.1 Å². The van der Waals surface area contributed by atoms with Crippen LogP contribution in [0.5, 0.6) is 0 Å². The fourth-order valence-corrected chi connectivity index (χ4v) is 2.90. The van der Waals surface area contributed by atoms with E-state index in [1.807, 2.05) is 0 Å².